The number of nitrogens with one attached hydrogen (secondary N) is 1. The summed E-state index contributed by atoms with van der Waals surface area (Å²) in [6.07, 6.45) is 4.44. The van der Waals surface area contributed by atoms with E-state index >= 15 is 0 Å². The van der Waals surface area contributed by atoms with Gasteiger partial charge in [-0.05, 0) is 36.4 Å². The molecular weight excluding hydrogens is 391 g/mol. The van der Waals surface area contributed by atoms with Crippen molar-refractivity contribution in [3.63, 3.8) is 0 Å². The van der Waals surface area contributed by atoms with Crippen molar-refractivity contribution in [2.24, 2.45) is 0 Å². The zero-order chi connectivity index (χ0) is 20.2. The molecule has 0 radical (unpaired) electrons. The number of benzene rings is 1. The molecule has 2 aromatic rings. The van der Waals surface area contributed by atoms with Gasteiger partial charge in [-0.3, -0.25) is 14.5 Å². The monoisotopic (exact) mass is 414 g/mol. The van der Waals surface area contributed by atoms with E-state index in [1.165, 1.54) is 12.1 Å². The molecule has 0 saturated carbocycles. The summed E-state index contributed by atoms with van der Waals surface area (Å²) in [6, 6.07) is 6.53. The van der Waals surface area contributed by atoms with Gasteiger partial charge in [0, 0.05) is 56.1 Å². The maximum atomic E-state index is 13.1. The number of hydrogen-bond acceptors (Lipinski definition) is 6. The fourth-order valence-corrected chi connectivity index (χ4v) is 4.62. The van der Waals surface area contributed by atoms with Gasteiger partial charge in [-0.2, -0.15) is 0 Å². The average molecular weight is 415 g/mol. The molecule has 152 valence electrons. The molecule has 0 unspecified atom stereocenters. The number of ketones is 1. The minimum atomic E-state index is -0.230. The van der Waals surface area contributed by atoms with Gasteiger partial charge in [0.15, 0.2) is 5.78 Å². The van der Waals surface area contributed by atoms with E-state index in [0.29, 0.717) is 25.9 Å². The Morgan fingerprint density at radius 2 is 1.90 bits per heavy atom. The maximum absolute atomic E-state index is 13.1. The lowest BCUT2D eigenvalue weighted by molar-refractivity contribution is -0.122. The van der Waals surface area contributed by atoms with Gasteiger partial charge in [0.2, 0.25) is 5.91 Å². The third kappa shape index (κ3) is 5.07. The summed E-state index contributed by atoms with van der Waals surface area (Å²) in [5.41, 5.74) is 1.90. The molecule has 2 aliphatic rings. The molecule has 1 fully saturated rings. The molecule has 1 N–H and O–H groups in total. The number of piperazine rings is 1. The molecular formula is C21H23FN4O2S. The number of thiazole rings is 1. The number of amides is 1. The number of rotatable bonds is 6. The van der Waals surface area contributed by atoms with Crippen LogP contribution in [0.2, 0.25) is 0 Å². The number of allylic oxidation sites excluding steroid dienone is 1. The molecule has 1 aliphatic heterocycles. The average Bonchev–Trinajstić information content (AvgIpc) is 3.11. The minimum Gasteiger partial charge on any atom is -0.369 e. The van der Waals surface area contributed by atoms with Gasteiger partial charge in [0.25, 0.3) is 0 Å². The highest BCUT2D eigenvalue weighted by molar-refractivity contribution is 7.12. The van der Waals surface area contributed by atoms with Crippen molar-refractivity contribution in [3.05, 3.63) is 51.7 Å². The van der Waals surface area contributed by atoms with E-state index < -0.39 is 0 Å². The van der Waals surface area contributed by atoms with E-state index in [4.69, 9.17) is 0 Å². The highest BCUT2D eigenvalue weighted by Crippen LogP contribution is 2.24. The van der Waals surface area contributed by atoms with Crippen LogP contribution in [0.5, 0.6) is 0 Å². The topological polar surface area (TPSA) is 65.5 Å². The smallest absolute Gasteiger partial charge is 0.234 e. The predicted octanol–water partition coefficient (Wildman–Crippen LogP) is 1.90. The van der Waals surface area contributed by atoms with Crippen molar-refractivity contribution < 1.29 is 14.0 Å². The number of aromatic nitrogens is 1. The van der Waals surface area contributed by atoms with Crippen molar-refractivity contribution >= 4 is 34.8 Å². The van der Waals surface area contributed by atoms with Crippen LogP contribution in [0, 0.1) is 5.82 Å². The fourth-order valence-electron chi connectivity index (χ4n) is 3.55. The van der Waals surface area contributed by atoms with Gasteiger partial charge in [-0.25, -0.2) is 9.37 Å². The predicted molar refractivity (Wildman–Crippen MR) is 112 cm³/mol. The number of halogens is 1. The van der Waals surface area contributed by atoms with Gasteiger partial charge in [0.05, 0.1) is 17.2 Å². The van der Waals surface area contributed by atoms with Crippen molar-refractivity contribution in [2.45, 2.75) is 12.8 Å². The Morgan fingerprint density at radius 3 is 2.66 bits per heavy atom. The first-order valence-corrected chi connectivity index (χ1v) is 10.6. The Kier molecular flexibility index (Phi) is 6.01. The van der Waals surface area contributed by atoms with Crippen LogP contribution >= 0.6 is 11.3 Å². The van der Waals surface area contributed by atoms with Crippen molar-refractivity contribution in [2.75, 3.05) is 44.2 Å². The molecule has 0 bridgehead atoms. The second kappa shape index (κ2) is 8.84. The zero-order valence-corrected chi connectivity index (χ0v) is 16.9. The van der Waals surface area contributed by atoms with Gasteiger partial charge in [0.1, 0.15) is 5.82 Å². The molecule has 1 aromatic heterocycles. The summed E-state index contributed by atoms with van der Waals surface area (Å²) in [5, 5.41) is 3.91. The van der Waals surface area contributed by atoms with Gasteiger partial charge >= 0.3 is 0 Å². The second-order valence-electron chi connectivity index (χ2n) is 7.23. The summed E-state index contributed by atoms with van der Waals surface area (Å²) in [7, 11) is 0. The number of carbonyl (C=O) groups excluding carboxylic acids is 2. The van der Waals surface area contributed by atoms with Gasteiger partial charge < -0.3 is 10.2 Å². The molecule has 1 saturated heterocycles. The molecule has 1 amide bonds. The molecule has 29 heavy (non-hydrogen) atoms. The van der Waals surface area contributed by atoms with E-state index in [-0.39, 0.29) is 17.5 Å². The summed E-state index contributed by atoms with van der Waals surface area (Å²) in [5.74, 6) is -0.107. The van der Waals surface area contributed by atoms with Crippen LogP contribution < -0.4 is 10.2 Å². The van der Waals surface area contributed by atoms with Gasteiger partial charge in [-0.1, -0.05) is 0 Å². The fraction of sp³-hybridized carbons (Fsp3) is 0.381. The first kappa shape index (κ1) is 19.7. The van der Waals surface area contributed by atoms with E-state index in [0.717, 1.165) is 47.4 Å². The third-order valence-electron chi connectivity index (χ3n) is 5.13. The maximum Gasteiger partial charge on any atom is 0.234 e. The van der Waals surface area contributed by atoms with Crippen LogP contribution in [0.3, 0.4) is 0 Å². The summed E-state index contributed by atoms with van der Waals surface area (Å²) in [4.78, 5) is 33.6. The van der Waals surface area contributed by atoms with E-state index in [2.05, 4.69) is 20.1 Å². The Bertz CT molecular complexity index is 917. The molecule has 0 atom stereocenters. The molecule has 6 nitrogen and oxygen atoms in total. The third-order valence-corrected chi connectivity index (χ3v) is 6.26. The van der Waals surface area contributed by atoms with E-state index in [1.54, 1.807) is 35.6 Å². The Morgan fingerprint density at radius 1 is 1.14 bits per heavy atom. The lowest BCUT2D eigenvalue weighted by Crippen LogP contribution is -2.49. The normalized spacial score (nSPS) is 16.7. The van der Waals surface area contributed by atoms with E-state index in [1.807, 2.05) is 0 Å². The summed E-state index contributed by atoms with van der Waals surface area (Å²) >= 11 is 1.55. The zero-order valence-electron chi connectivity index (χ0n) is 16.1. The van der Waals surface area contributed by atoms with Crippen LogP contribution in [-0.4, -0.2) is 60.8 Å². The lowest BCUT2D eigenvalue weighted by Gasteiger charge is -2.35. The highest BCUT2D eigenvalue weighted by Gasteiger charge is 2.19. The largest absolute Gasteiger partial charge is 0.369 e. The van der Waals surface area contributed by atoms with Crippen LogP contribution in [0.15, 0.2) is 30.3 Å². The number of nitrogens with zero attached hydrogens (tertiary/aromatic N) is 3. The minimum absolute atomic E-state index is 0.0108. The Labute approximate surface area is 173 Å². The number of fused-ring (bicyclic) bond motifs is 1. The SMILES string of the molecule is O=C1C=Cc2nc(CCNC(=O)CN3CCN(c4ccc(F)cc4)CC3)sc2C1. The first-order valence-electron chi connectivity index (χ1n) is 9.76. The number of carbonyl (C=O) groups is 2. The van der Waals surface area contributed by atoms with E-state index in [9.17, 15) is 14.0 Å². The Hall–Kier alpha value is -2.58. The first-order chi connectivity index (χ1) is 14.1. The second-order valence-corrected chi connectivity index (χ2v) is 8.40. The molecule has 1 aliphatic carbocycles. The summed E-state index contributed by atoms with van der Waals surface area (Å²) < 4.78 is 13.1. The van der Waals surface area contributed by atoms with Crippen molar-refractivity contribution in [3.8, 4) is 0 Å². The standard InChI is InChI=1S/C21H23FN4O2S/c22-15-1-3-16(4-2-15)26-11-9-25(10-12-26)14-20(28)23-8-7-21-24-18-6-5-17(27)13-19(18)29-21/h1-6H,7-14H2,(H,23,28). The van der Waals surface area contributed by atoms with Crippen LogP contribution in [0.1, 0.15) is 15.6 Å². The van der Waals surface area contributed by atoms with Gasteiger partial charge in [-0.15, -0.1) is 11.3 Å². The number of hydrogen-bond donors (Lipinski definition) is 1. The quantitative estimate of drug-likeness (QED) is 0.782. The molecule has 0 spiro atoms. The molecule has 4 rings (SSSR count). The Balaban J connectivity index is 1.18. The molecule has 8 heteroatoms. The van der Waals surface area contributed by atoms with Crippen LogP contribution in [0.4, 0.5) is 10.1 Å². The number of anilines is 1. The van der Waals surface area contributed by atoms with Crippen LogP contribution in [-0.2, 0) is 22.4 Å². The van der Waals surface area contributed by atoms with Crippen molar-refractivity contribution in [1.29, 1.82) is 0 Å². The van der Waals surface area contributed by atoms with Crippen molar-refractivity contribution in [1.82, 2.24) is 15.2 Å². The van der Waals surface area contributed by atoms with Crippen LogP contribution in [0.25, 0.3) is 6.08 Å². The highest BCUT2D eigenvalue weighted by atomic mass is 32.1. The lowest BCUT2D eigenvalue weighted by atomic mass is 10.1. The molecule has 1 aromatic carbocycles. The summed E-state index contributed by atoms with van der Waals surface area (Å²) in [6.45, 7) is 4.14. The molecule has 2 heterocycles.